The van der Waals surface area contributed by atoms with Crippen molar-refractivity contribution in [1.29, 1.82) is 0 Å². The molecule has 0 saturated carbocycles. The number of nitrogens with one attached hydrogen (secondary N) is 2. The first-order valence-electron chi connectivity index (χ1n) is 7.94. The maximum atomic E-state index is 12.0. The minimum atomic E-state index is -0.241. The molecule has 1 aromatic heterocycles. The minimum absolute atomic E-state index is 0.169. The zero-order chi connectivity index (χ0) is 17.4. The largest absolute Gasteiger partial charge is 0.383 e. The average Bonchev–Trinajstić information content (AvgIpc) is 3.05. The number of carbonyl (C=O) groups excluding carboxylic acids is 1. The Hall–Kier alpha value is -2.54. The van der Waals surface area contributed by atoms with E-state index >= 15 is 0 Å². The number of benzene rings is 1. The normalized spacial score (nSPS) is 11.8. The van der Waals surface area contributed by atoms with Crippen molar-refractivity contribution in [2.75, 3.05) is 37.5 Å². The number of aromatic nitrogens is 2. The number of likely N-dealkylation sites (N-methyl/N-ethyl adjacent to an activating group) is 1. The Balaban J connectivity index is 1.77. The number of hydrogen-bond donors (Lipinski definition) is 2. The molecule has 2 rings (SSSR count). The molecule has 2 N–H and O–H groups in total. The van der Waals surface area contributed by atoms with Crippen molar-refractivity contribution in [2.45, 2.75) is 19.5 Å². The highest BCUT2D eigenvalue weighted by Crippen LogP contribution is 2.13. The number of carbonyl (C=O) groups is 1. The van der Waals surface area contributed by atoms with Crippen LogP contribution in [0.4, 0.5) is 16.2 Å². The van der Waals surface area contributed by atoms with E-state index in [-0.39, 0.29) is 12.1 Å². The van der Waals surface area contributed by atoms with Crippen molar-refractivity contribution in [3.63, 3.8) is 0 Å². The first-order valence-corrected chi connectivity index (χ1v) is 7.94. The van der Waals surface area contributed by atoms with E-state index in [1.54, 1.807) is 24.2 Å². The van der Waals surface area contributed by atoms with Gasteiger partial charge in [-0.05, 0) is 19.1 Å². The molecule has 2 amide bonds. The summed E-state index contributed by atoms with van der Waals surface area (Å²) < 4.78 is 6.72. The highest BCUT2D eigenvalue weighted by molar-refractivity contribution is 5.88. The fraction of sp³-hybridized carbons (Fsp3) is 0.412. The molecule has 0 bridgehead atoms. The molecule has 2 aromatic rings. The van der Waals surface area contributed by atoms with Crippen molar-refractivity contribution >= 4 is 17.4 Å². The van der Waals surface area contributed by atoms with E-state index in [4.69, 9.17) is 4.74 Å². The van der Waals surface area contributed by atoms with Gasteiger partial charge in [0.05, 0.1) is 25.0 Å². The summed E-state index contributed by atoms with van der Waals surface area (Å²) in [6.07, 6.45) is 3.40. The first kappa shape index (κ1) is 17.8. The van der Waals surface area contributed by atoms with Gasteiger partial charge in [-0.25, -0.2) is 4.79 Å². The monoisotopic (exact) mass is 331 g/mol. The lowest BCUT2D eigenvalue weighted by atomic mass is 10.2. The predicted molar refractivity (Wildman–Crippen MR) is 95.4 cm³/mol. The van der Waals surface area contributed by atoms with E-state index < -0.39 is 0 Å². The molecule has 130 valence electrons. The fourth-order valence-electron chi connectivity index (χ4n) is 2.21. The molecule has 0 saturated heterocycles. The molecule has 0 aliphatic heterocycles. The summed E-state index contributed by atoms with van der Waals surface area (Å²) in [5.74, 6) is 0. The van der Waals surface area contributed by atoms with Crippen molar-refractivity contribution in [1.82, 2.24) is 15.1 Å². The van der Waals surface area contributed by atoms with Crippen molar-refractivity contribution < 1.29 is 9.53 Å². The summed E-state index contributed by atoms with van der Waals surface area (Å²) in [5.41, 5.74) is 1.78. The van der Waals surface area contributed by atoms with Crippen molar-refractivity contribution in [3.8, 4) is 0 Å². The van der Waals surface area contributed by atoms with E-state index in [1.165, 1.54) is 0 Å². The Kier molecular flexibility index (Phi) is 6.62. The predicted octanol–water partition coefficient (Wildman–Crippen LogP) is 2.18. The van der Waals surface area contributed by atoms with Crippen LogP contribution < -0.4 is 15.5 Å². The number of methoxy groups -OCH3 is 1. The second-order valence-electron chi connectivity index (χ2n) is 5.62. The number of para-hydroxylation sites is 1. The number of amides is 2. The van der Waals surface area contributed by atoms with Gasteiger partial charge in [0.25, 0.3) is 0 Å². The minimum Gasteiger partial charge on any atom is -0.383 e. The standard InChI is InChI=1S/C17H25N5O2/c1-14(21(2)16-7-5-4-6-8-16)11-18-17(23)20-15-12-19-22(13-15)9-10-24-3/h4-8,12-14H,9-11H2,1-3H3,(H2,18,20,23). The summed E-state index contributed by atoms with van der Waals surface area (Å²) >= 11 is 0. The van der Waals surface area contributed by atoms with Crippen LogP contribution in [0.25, 0.3) is 0 Å². The second kappa shape index (κ2) is 8.93. The maximum Gasteiger partial charge on any atom is 0.319 e. The van der Waals surface area contributed by atoms with Crippen LogP contribution in [0.15, 0.2) is 42.7 Å². The lowest BCUT2D eigenvalue weighted by Gasteiger charge is -2.27. The van der Waals surface area contributed by atoms with E-state index in [1.807, 2.05) is 37.4 Å². The molecule has 1 heterocycles. The van der Waals surface area contributed by atoms with Gasteiger partial charge in [0, 0.05) is 38.6 Å². The second-order valence-corrected chi connectivity index (χ2v) is 5.62. The first-order chi connectivity index (χ1) is 11.6. The third-order valence-corrected chi connectivity index (χ3v) is 3.80. The van der Waals surface area contributed by atoms with Crippen LogP contribution in [0.3, 0.4) is 0 Å². The number of rotatable bonds is 8. The molecule has 1 aromatic carbocycles. The molecule has 0 radical (unpaired) electrons. The lowest BCUT2D eigenvalue weighted by molar-refractivity contribution is 0.183. The number of hydrogen-bond acceptors (Lipinski definition) is 4. The zero-order valence-corrected chi connectivity index (χ0v) is 14.4. The van der Waals surface area contributed by atoms with Crippen LogP contribution >= 0.6 is 0 Å². The summed E-state index contributed by atoms with van der Waals surface area (Å²) in [4.78, 5) is 14.1. The van der Waals surface area contributed by atoms with Crippen LogP contribution in [0.5, 0.6) is 0 Å². The third-order valence-electron chi connectivity index (χ3n) is 3.80. The molecule has 1 unspecified atom stereocenters. The van der Waals surface area contributed by atoms with E-state index in [0.717, 1.165) is 5.69 Å². The van der Waals surface area contributed by atoms with Gasteiger partial charge in [-0.1, -0.05) is 18.2 Å². The highest BCUT2D eigenvalue weighted by atomic mass is 16.5. The van der Waals surface area contributed by atoms with Gasteiger partial charge in [-0.2, -0.15) is 5.10 Å². The molecular formula is C17H25N5O2. The molecule has 1 atom stereocenters. The fourth-order valence-corrected chi connectivity index (χ4v) is 2.21. The quantitative estimate of drug-likeness (QED) is 0.778. The smallest absolute Gasteiger partial charge is 0.319 e. The van der Waals surface area contributed by atoms with E-state index in [0.29, 0.717) is 25.4 Å². The van der Waals surface area contributed by atoms with Gasteiger partial charge >= 0.3 is 6.03 Å². The van der Waals surface area contributed by atoms with Crippen LogP contribution in [0, 0.1) is 0 Å². The van der Waals surface area contributed by atoms with Crippen LogP contribution in [-0.2, 0) is 11.3 Å². The molecule has 0 fully saturated rings. The van der Waals surface area contributed by atoms with Crippen LogP contribution in [0.1, 0.15) is 6.92 Å². The summed E-state index contributed by atoms with van der Waals surface area (Å²) in [6, 6.07) is 10.0. The molecule has 0 spiro atoms. The molecule has 24 heavy (non-hydrogen) atoms. The maximum absolute atomic E-state index is 12.0. The Morgan fingerprint density at radius 3 is 2.83 bits per heavy atom. The number of anilines is 2. The summed E-state index contributed by atoms with van der Waals surface area (Å²) in [6.45, 7) is 3.83. The number of urea groups is 1. The third kappa shape index (κ3) is 5.27. The Labute approximate surface area is 142 Å². The van der Waals surface area contributed by atoms with Gasteiger partial charge in [0.1, 0.15) is 0 Å². The van der Waals surface area contributed by atoms with E-state index in [2.05, 4.69) is 27.6 Å². The average molecular weight is 331 g/mol. The van der Waals surface area contributed by atoms with Gasteiger partial charge in [-0.3, -0.25) is 4.68 Å². The van der Waals surface area contributed by atoms with Crippen LogP contribution in [0.2, 0.25) is 0 Å². The summed E-state index contributed by atoms with van der Waals surface area (Å²) in [7, 11) is 3.66. The van der Waals surface area contributed by atoms with Gasteiger partial charge < -0.3 is 20.3 Å². The molecular weight excluding hydrogens is 306 g/mol. The zero-order valence-electron chi connectivity index (χ0n) is 14.4. The Morgan fingerprint density at radius 1 is 1.38 bits per heavy atom. The lowest BCUT2D eigenvalue weighted by Crippen LogP contribution is -2.41. The van der Waals surface area contributed by atoms with Crippen molar-refractivity contribution in [3.05, 3.63) is 42.7 Å². The summed E-state index contributed by atoms with van der Waals surface area (Å²) in [5, 5.41) is 9.82. The number of nitrogens with zero attached hydrogens (tertiary/aromatic N) is 3. The molecule has 0 aliphatic rings. The highest BCUT2D eigenvalue weighted by Gasteiger charge is 2.11. The molecule has 7 heteroatoms. The molecule has 7 nitrogen and oxygen atoms in total. The van der Waals surface area contributed by atoms with Gasteiger partial charge in [0.2, 0.25) is 0 Å². The van der Waals surface area contributed by atoms with E-state index in [9.17, 15) is 4.79 Å². The van der Waals surface area contributed by atoms with Gasteiger partial charge in [0.15, 0.2) is 0 Å². The SMILES string of the molecule is COCCn1cc(NC(=O)NCC(C)N(C)c2ccccc2)cn1. The molecule has 0 aliphatic carbocycles. The topological polar surface area (TPSA) is 71.4 Å². The van der Waals surface area contributed by atoms with Crippen molar-refractivity contribution in [2.24, 2.45) is 0 Å². The van der Waals surface area contributed by atoms with Crippen LogP contribution in [-0.4, -0.2) is 49.2 Å². The Bertz CT molecular complexity index is 629. The Morgan fingerprint density at radius 2 is 2.12 bits per heavy atom. The number of ether oxygens (including phenoxy) is 1. The van der Waals surface area contributed by atoms with Gasteiger partial charge in [-0.15, -0.1) is 0 Å².